The molecular formula is C22H24BrFN4. The zero-order chi connectivity index (χ0) is 19.9. The van der Waals surface area contributed by atoms with Gasteiger partial charge < -0.3 is 4.90 Å². The summed E-state index contributed by atoms with van der Waals surface area (Å²) in [5.41, 5.74) is 3.17. The van der Waals surface area contributed by atoms with Gasteiger partial charge in [0.05, 0.1) is 16.9 Å². The summed E-state index contributed by atoms with van der Waals surface area (Å²) in [6.07, 6.45) is 1.53. The Kier molecular flexibility index (Phi) is 5.10. The molecule has 0 saturated carbocycles. The largest absolute Gasteiger partial charge is 0.367 e. The van der Waals surface area contributed by atoms with Crippen LogP contribution >= 0.6 is 15.9 Å². The first-order valence-corrected chi connectivity index (χ1v) is 10.3. The summed E-state index contributed by atoms with van der Waals surface area (Å²) in [7, 11) is 0. The summed E-state index contributed by atoms with van der Waals surface area (Å²) < 4.78 is 16.0. The van der Waals surface area contributed by atoms with Crippen LogP contribution in [0.4, 0.5) is 10.1 Å². The van der Waals surface area contributed by atoms with Gasteiger partial charge in [-0.05, 0) is 51.1 Å². The van der Waals surface area contributed by atoms with E-state index in [4.69, 9.17) is 0 Å². The molecule has 4 nitrogen and oxygen atoms in total. The van der Waals surface area contributed by atoms with Gasteiger partial charge in [-0.1, -0.05) is 22.0 Å². The first-order chi connectivity index (χ1) is 13.3. The van der Waals surface area contributed by atoms with E-state index in [0.29, 0.717) is 5.69 Å². The Morgan fingerprint density at radius 3 is 2.39 bits per heavy atom. The summed E-state index contributed by atoms with van der Waals surface area (Å²) in [5, 5.41) is 0.905. The highest BCUT2D eigenvalue weighted by atomic mass is 79.9. The molecule has 0 unspecified atom stereocenters. The van der Waals surface area contributed by atoms with Crippen LogP contribution in [0, 0.1) is 5.82 Å². The monoisotopic (exact) mass is 442 g/mol. The lowest BCUT2D eigenvalue weighted by Crippen LogP contribution is -2.53. The van der Waals surface area contributed by atoms with E-state index in [2.05, 4.69) is 56.5 Å². The van der Waals surface area contributed by atoms with Crippen molar-refractivity contribution in [2.24, 2.45) is 0 Å². The highest BCUT2D eigenvalue weighted by Gasteiger charge is 2.27. The van der Waals surface area contributed by atoms with E-state index in [1.807, 2.05) is 30.3 Å². The fourth-order valence-corrected chi connectivity index (χ4v) is 4.15. The molecule has 1 saturated heterocycles. The Morgan fingerprint density at radius 2 is 1.71 bits per heavy atom. The molecule has 1 aliphatic rings. The van der Waals surface area contributed by atoms with Crippen molar-refractivity contribution in [3.63, 3.8) is 0 Å². The Morgan fingerprint density at radius 1 is 0.964 bits per heavy atom. The normalized spacial score (nSPS) is 16.0. The van der Waals surface area contributed by atoms with Crippen LogP contribution in [0.2, 0.25) is 0 Å². The van der Waals surface area contributed by atoms with Gasteiger partial charge >= 0.3 is 0 Å². The summed E-state index contributed by atoms with van der Waals surface area (Å²) in [6, 6.07) is 11.3. The molecule has 3 aromatic rings. The Labute approximate surface area is 173 Å². The van der Waals surface area contributed by atoms with E-state index in [1.165, 1.54) is 6.33 Å². The lowest BCUT2D eigenvalue weighted by Gasteiger charge is -2.43. The Bertz CT molecular complexity index is 1010. The number of halogens is 2. The lowest BCUT2D eigenvalue weighted by atomic mass is 10.0. The van der Waals surface area contributed by atoms with E-state index in [1.54, 1.807) is 6.07 Å². The van der Waals surface area contributed by atoms with Gasteiger partial charge in [-0.15, -0.1) is 0 Å². The quantitative estimate of drug-likeness (QED) is 0.551. The standard InChI is InChI=1S/C22H24BrFN4/c1-22(2,3)28-10-8-27(9-11-28)20-7-4-15(12-18(20)24)21-17-13-16(23)5-6-19(17)25-14-26-21/h4-7,12-14H,8-11H2,1-3H3. The number of hydrogen-bond donors (Lipinski definition) is 0. The van der Waals surface area contributed by atoms with E-state index >= 15 is 4.39 Å². The van der Waals surface area contributed by atoms with E-state index in [0.717, 1.165) is 52.8 Å². The third-order valence-electron chi connectivity index (χ3n) is 5.39. The predicted molar refractivity (Wildman–Crippen MR) is 116 cm³/mol. The van der Waals surface area contributed by atoms with E-state index in [9.17, 15) is 0 Å². The van der Waals surface area contributed by atoms with Crippen LogP contribution < -0.4 is 4.90 Å². The van der Waals surface area contributed by atoms with Crippen LogP contribution in [0.25, 0.3) is 22.2 Å². The highest BCUT2D eigenvalue weighted by molar-refractivity contribution is 9.10. The summed E-state index contributed by atoms with van der Waals surface area (Å²) in [5.74, 6) is -0.205. The average Bonchev–Trinajstić information content (AvgIpc) is 2.67. The topological polar surface area (TPSA) is 32.3 Å². The Balaban J connectivity index is 1.62. The van der Waals surface area contributed by atoms with Crippen molar-refractivity contribution in [3.05, 3.63) is 53.0 Å². The van der Waals surface area contributed by atoms with Crippen LogP contribution in [0.1, 0.15) is 20.8 Å². The molecule has 1 aliphatic heterocycles. The number of aromatic nitrogens is 2. The van der Waals surface area contributed by atoms with Crippen molar-refractivity contribution in [2.45, 2.75) is 26.3 Å². The average molecular weight is 443 g/mol. The third kappa shape index (κ3) is 3.76. The first-order valence-electron chi connectivity index (χ1n) is 9.53. The molecule has 2 aromatic carbocycles. The van der Waals surface area contributed by atoms with Crippen LogP contribution in [0.5, 0.6) is 0 Å². The van der Waals surface area contributed by atoms with Crippen LogP contribution in [-0.2, 0) is 0 Å². The second-order valence-corrected chi connectivity index (χ2v) is 9.11. The van der Waals surface area contributed by atoms with Gasteiger partial charge in [0.1, 0.15) is 12.1 Å². The zero-order valence-electron chi connectivity index (χ0n) is 16.4. The molecule has 0 N–H and O–H groups in total. The van der Waals surface area contributed by atoms with Crippen molar-refractivity contribution in [2.75, 3.05) is 31.1 Å². The van der Waals surface area contributed by atoms with Crippen molar-refractivity contribution in [1.82, 2.24) is 14.9 Å². The number of fused-ring (bicyclic) bond motifs is 1. The maximum absolute atomic E-state index is 15.0. The molecule has 0 amide bonds. The molecule has 0 bridgehead atoms. The number of hydrogen-bond acceptors (Lipinski definition) is 4. The maximum Gasteiger partial charge on any atom is 0.147 e. The summed E-state index contributed by atoms with van der Waals surface area (Å²) in [4.78, 5) is 13.3. The fourth-order valence-electron chi connectivity index (χ4n) is 3.79. The van der Waals surface area contributed by atoms with Gasteiger partial charge in [-0.2, -0.15) is 0 Å². The molecule has 0 aliphatic carbocycles. The summed E-state index contributed by atoms with van der Waals surface area (Å²) >= 11 is 3.50. The zero-order valence-corrected chi connectivity index (χ0v) is 18.0. The number of piperazine rings is 1. The SMILES string of the molecule is CC(C)(C)N1CCN(c2ccc(-c3ncnc4ccc(Br)cc34)cc2F)CC1. The second kappa shape index (κ2) is 7.41. The molecular weight excluding hydrogens is 419 g/mol. The summed E-state index contributed by atoms with van der Waals surface area (Å²) in [6.45, 7) is 10.2. The molecule has 0 atom stereocenters. The van der Waals surface area contributed by atoms with Gasteiger partial charge in [-0.25, -0.2) is 14.4 Å². The molecule has 1 aromatic heterocycles. The molecule has 146 valence electrons. The minimum absolute atomic E-state index is 0.150. The minimum atomic E-state index is -0.205. The van der Waals surface area contributed by atoms with Gasteiger partial charge in [-0.3, -0.25) is 4.90 Å². The van der Waals surface area contributed by atoms with E-state index in [-0.39, 0.29) is 11.4 Å². The maximum atomic E-state index is 15.0. The van der Waals surface area contributed by atoms with Gasteiger partial charge in [0, 0.05) is 47.1 Å². The molecule has 1 fully saturated rings. The van der Waals surface area contributed by atoms with E-state index < -0.39 is 0 Å². The molecule has 28 heavy (non-hydrogen) atoms. The van der Waals surface area contributed by atoms with Crippen molar-refractivity contribution in [1.29, 1.82) is 0 Å². The number of nitrogens with zero attached hydrogens (tertiary/aromatic N) is 4. The minimum Gasteiger partial charge on any atom is -0.367 e. The van der Waals surface area contributed by atoms with Crippen LogP contribution in [0.3, 0.4) is 0 Å². The molecule has 0 radical (unpaired) electrons. The fraction of sp³-hybridized carbons (Fsp3) is 0.364. The second-order valence-electron chi connectivity index (χ2n) is 8.19. The molecule has 4 rings (SSSR count). The van der Waals surface area contributed by atoms with Crippen molar-refractivity contribution >= 4 is 32.5 Å². The number of benzene rings is 2. The molecule has 0 spiro atoms. The van der Waals surface area contributed by atoms with Crippen LogP contribution in [-0.4, -0.2) is 46.6 Å². The molecule has 6 heteroatoms. The number of rotatable bonds is 2. The predicted octanol–water partition coefficient (Wildman–Crippen LogP) is 5.12. The third-order valence-corrected chi connectivity index (χ3v) is 5.88. The first kappa shape index (κ1) is 19.3. The van der Waals surface area contributed by atoms with Crippen molar-refractivity contribution in [3.8, 4) is 11.3 Å². The van der Waals surface area contributed by atoms with Gasteiger partial charge in [0.2, 0.25) is 0 Å². The van der Waals surface area contributed by atoms with Crippen LogP contribution in [0.15, 0.2) is 47.2 Å². The van der Waals surface area contributed by atoms with Crippen molar-refractivity contribution < 1.29 is 4.39 Å². The lowest BCUT2D eigenvalue weighted by molar-refractivity contribution is 0.128. The Hall–Kier alpha value is -2.05. The van der Waals surface area contributed by atoms with Gasteiger partial charge in [0.15, 0.2) is 0 Å². The number of anilines is 1. The van der Waals surface area contributed by atoms with Gasteiger partial charge in [0.25, 0.3) is 0 Å². The highest BCUT2D eigenvalue weighted by Crippen LogP contribution is 2.31. The smallest absolute Gasteiger partial charge is 0.147 e. The molecule has 2 heterocycles.